The van der Waals surface area contributed by atoms with Crippen LogP contribution in [-0.4, -0.2) is 23.3 Å². The molecule has 1 heterocycles. The first-order chi connectivity index (χ1) is 9.65. The summed E-state index contributed by atoms with van der Waals surface area (Å²) in [6, 6.07) is 8.73. The van der Waals surface area contributed by atoms with Gasteiger partial charge in [-0.15, -0.1) is 0 Å². The van der Waals surface area contributed by atoms with Gasteiger partial charge in [-0.1, -0.05) is 13.3 Å². The zero-order valence-electron chi connectivity index (χ0n) is 11.2. The summed E-state index contributed by atoms with van der Waals surface area (Å²) in [7, 11) is 0. The highest BCUT2D eigenvalue weighted by Gasteiger charge is 2.30. The number of carbonyl (C=O) groups excluding carboxylic acids is 2. The lowest BCUT2D eigenvalue weighted by atomic mass is 10.2. The molecule has 20 heavy (non-hydrogen) atoms. The SMILES string of the molecule is CCCCN1C(=O)C=C(Nc2ccc(C#N)cc2)C1=O. The highest BCUT2D eigenvalue weighted by molar-refractivity contribution is 6.17. The molecule has 0 radical (unpaired) electrons. The Labute approximate surface area is 117 Å². The molecule has 1 N–H and O–H groups in total. The van der Waals surface area contributed by atoms with Crippen LogP contribution in [0.3, 0.4) is 0 Å². The highest BCUT2D eigenvalue weighted by Crippen LogP contribution is 2.18. The van der Waals surface area contributed by atoms with Gasteiger partial charge in [-0.2, -0.15) is 5.26 Å². The number of carbonyl (C=O) groups is 2. The maximum absolute atomic E-state index is 12.1. The van der Waals surface area contributed by atoms with Gasteiger partial charge in [0.15, 0.2) is 0 Å². The summed E-state index contributed by atoms with van der Waals surface area (Å²) < 4.78 is 0. The molecule has 0 aromatic heterocycles. The monoisotopic (exact) mass is 269 g/mol. The van der Waals surface area contributed by atoms with Crippen LogP contribution in [0.25, 0.3) is 0 Å². The molecule has 5 heteroatoms. The number of amides is 2. The van der Waals surface area contributed by atoms with Crippen LogP contribution in [-0.2, 0) is 9.59 Å². The number of imide groups is 1. The fourth-order valence-corrected chi connectivity index (χ4v) is 1.91. The lowest BCUT2D eigenvalue weighted by molar-refractivity contribution is -0.137. The summed E-state index contributed by atoms with van der Waals surface area (Å²) >= 11 is 0. The molecular weight excluding hydrogens is 254 g/mol. The lowest BCUT2D eigenvalue weighted by Gasteiger charge is -2.14. The number of hydrogen-bond donors (Lipinski definition) is 1. The van der Waals surface area contributed by atoms with E-state index < -0.39 is 0 Å². The zero-order valence-corrected chi connectivity index (χ0v) is 11.2. The van der Waals surface area contributed by atoms with E-state index in [1.165, 1.54) is 11.0 Å². The molecule has 1 aromatic rings. The molecule has 1 aliphatic heterocycles. The molecule has 0 fully saturated rings. The fraction of sp³-hybridized carbons (Fsp3) is 0.267. The minimum absolute atomic E-state index is 0.274. The van der Waals surface area contributed by atoms with Crippen molar-refractivity contribution in [2.75, 3.05) is 11.9 Å². The molecule has 1 aromatic carbocycles. The standard InChI is InChI=1S/C15H15N3O2/c1-2-3-8-18-14(19)9-13(15(18)20)17-12-6-4-11(10-16)5-7-12/h4-7,9,17H,2-3,8H2,1H3. The molecule has 2 rings (SSSR count). The van der Waals surface area contributed by atoms with Gasteiger partial charge in [0, 0.05) is 18.3 Å². The predicted molar refractivity (Wildman–Crippen MR) is 74.5 cm³/mol. The van der Waals surface area contributed by atoms with Crippen molar-refractivity contribution in [1.29, 1.82) is 5.26 Å². The third-order valence-electron chi connectivity index (χ3n) is 3.04. The third kappa shape index (κ3) is 2.86. The van der Waals surface area contributed by atoms with Crippen molar-refractivity contribution in [2.24, 2.45) is 0 Å². The van der Waals surface area contributed by atoms with Crippen LogP contribution in [0.5, 0.6) is 0 Å². The van der Waals surface area contributed by atoms with E-state index in [-0.39, 0.29) is 17.5 Å². The minimum Gasteiger partial charge on any atom is -0.351 e. The molecule has 0 aliphatic carbocycles. The summed E-state index contributed by atoms with van der Waals surface area (Å²) in [6.07, 6.45) is 3.04. The van der Waals surface area contributed by atoms with Crippen molar-refractivity contribution < 1.29 is 9.59 Å². The third-order valence-corrected chi connectivity index (χ3v) is 3.04. The van der Waals surface area contributed by atoms with Crippen LogP contribution >= 0.6 is 0 Å². The van der Waals surface area contributed by atoms with Crippen molar-refractivity contribution in [1.82, 2.24) is 4.90 Å². The normalized spacial score (nSPS) is 14.2. The summed E-state index contributed by atoms with van der Waals surface area (Å²) in [5, 5.41) is 11.6. The molecule has 0 unspecified atom stereocenters. The Bertz CT molecular complexity index is 597. The Morgan fingerprint density at radius 2 is 1.95 bits per heavy atom. The topological polar surface area (TPSA) is 73.2 Å². The number of hydrogen-bond acceptors (Lipinski definition) is 4. The van der Waals surface area contributed by atoms with Gasteiger partial charge in [-0.05, 0) is 30.7 Å². The van der Waals surface area contributed by atoms with E-state index >= 15 is 0 Å². The first-order valence-corrected chi connectivity index (χ1v) is 6.50. The molecule has 0 spiro atoms. The predicted octanol–water partition coefficient (Wildman–Crippen LogP) is 2.02. The average Bonchev–Trinajstić information content (AvgIpc) is 2.72. The molecule has 0 bridgehead atoms. The number of nitrogens with one attached hydrogen (secondary N) is 1. The summed E-state index contributed by atoms with van der Waals surface area (Å²) in [5.74, 6) is -0.576. The molecule has 2 amide bonds. The quantitative estimate of drug-likeness (QED) is 0.830. The molecule has 0 saturated carbocycles. The first kappa shape index (κ1) is 13.8. The van der Waals surface area contributed by atoms with Gasteiger partial charge in [0.25, 0.3) is 11.8 Å². The Morgan fingerprint density at radius 1 is 1.25 bits per heavy atom. The van der Waals surface area contributed by atoms with E-state index in [0.717, 1.165) is 12.8 Å². The van der Waals surface area contributed by atoms with E-state index in [9.17, 15) is 9.59 Å². The second-order valence-electron chi connectivity index (χ2n) is 4.52. The molecule has 0 saturated heterocycles. The van der Waals surface area contributed by atoms with Crippen LogP contribution in [0.2, 0.25) is 0 Å². The molecular formula is C15H15N3O2. The summed E-state index contributed by atoms with van der Waals surface area (Å²) in [6.45, 7) is 2.46. The smallest absolute Gasteiger partial charge is 0.277 e. The van der Waals surface area contributed by atoms with E-state index in [1.54, 1.807) is 24.3 Å². The van der Waals surface area contributed by atoms with Gasteiger partial charge < -0.3 is 5.32 Å². The number of rotatable bonds is 5. The van der Waals surface area contributed by atoms with Gasteiger partial charge in [0.2, 0.25) is 0 Å². The Hall–Kier alpha value is -2.61. The Morgan fingerprint density at radius 3 is 2.55 bits per heavy atom. The van der Waals surface area contributed by atoms with Crippen LogP contribution in [0.4, 0.5) is 5.69 Å². The van der Waals surface area contributed by atoms with Crippen molar-refractivity contribution in [2.45, 2.75) is 19.8 Å². The number of benzene rings is 1. The second-order valence-corrected chi connectivity index (χ2v) is 4.52. The average molecular weight is 269 g/mol. The molecule has 5 nitrogen and oxygen atoms in total. The van der Waals surface area contributed by atoms with E-state index in [1.807, 2.05) is 13.0 Å². The molecule has 102 valence electrons. The molecule has 1 aliphatic rings. The summed E-state index contributed by atoms with van der Waals surface area (Å²) in [4.78, 5) is 25.1. The highest BCUT2D eigenvalue weighted by atomic mass is 16.2. The van der Waals surface area contributed by atoms with Crippen molar-refractivity contribution >= 4 is 17.5 Å². The van der Waals surface area contributed by atoms with E-state index in [4.69, 9.17) is 5.26 Å². The number of nitrogens with zero attached hydrogens (tertiary/aromatic N) is 2. The summed E-state index contributed by atoms with van der Waals surface area (Å²) in [5.41, 5.74) is 1.49. The van der Waals surface area contributed by atoms with E-state index in [0.29, 0.717) is 17.8 Å². The number of anilines is 1. The Kier molecular flexibility index (Phi) is 4.16. The van der Waals surface area contributed by atoms with Crippen LogP contribution < -0.4 is 5.32 Å². The van der Waals surface area contributed by atoms with Gasteiger partial charge in [-0.3, -0.25) is 14.5 Å². The number of unbranched alkanes of at least 4 members (excludes halogenated alkanes) is 1. The fourth-order valence-electron chi connectivity index (χ4n) is 1.91. The maximum Gasteiger partial charge on any atom is 0.277 e. The zero-order chi connectivity index (χ0) is 14.5. The molecule has 0 atom stereocenters. The van der Waals surface area contributed by atoms with Crippen LogP contribution in [0, 0.1) is 11.3 Å². The Balaban J connectivity index is 2.06. The van der Waals surface area contributed by atoms with Crippen LogP contribution in [0.15, 0.2) is 36.0 Å². The van der Waals surface area contributed by atoms with Crippen molar-refractivity contribution in [3.05, 3.63) is 41.6 Å². The van der Waals surface area contributed by atoms with Gasteiger partial charge in [0.05, 0.1) is 11.6 Å². The lowest BCUT2D eigenvalue weighted by Crippen LogP contribution is -2.32. The first-order valence-electron chi connectivity index (χ1n) is 6.50. The van der Waals surface area contributed by atoms with Crippen molar-refractivity contribution in [3.8, 4) is 6.07 Å². The maximum atomic E-state index is 12.1. The largest absolute Gasteiger partial charge is 0.351 e. The van der Waals surface area contributed by atoms with Gasteiger partial charge >= 0.3 is 0 Å². The van der Waals surface area contributed by atoms with Gasteiger partial charge in [0.1, 0.15) is 5.70 Å². The van der Waals surface area contributed by atoms with Crippen LogP contribution in [0.1, 0.15) is 25.3 Å². The van der Waals surface area contributed by atoms with Gasteiger partial charge in [-0.25, -0.2) is 0 Å². The minimum atomic E-state index is -0.298. The van der Waals surface area contributed by atoms with Crippen molar-refractivity contribution in [3.63, 3.8) is 0 Å². The van der Waals surface area contributed by atoms with E-state index in [2.05, 4.69) is 5.32 Å². The number of nitriles is 1. The second kappa shape index (κ2) is 6.02.